The molecule has 3 unspecified atom stereocenters. The number of hydrogen-bond acceptors (Lipinski definition) is 3. The minimum atomic E-state index is 0. The molecule has 21 heavy (non-hydrogen) atoms. The SMILES string of the molecule is CCC(Sc1ccccc1)C(=O)N1CC(CN)CC1C.Cl. The van der Waals surface area contributed by atoms with Crippen molar-refractivity contribution < 1.29 is 4.79 Å². The van der Waals surface area contributed by atoms with Gasteiger partial charge in [0.1, 0.15) is 0 Å². The number of carbonyl (C=O) groups is 1. The molecule has 0 aliphatic carbocycles. The van der Waals surface area contributed by atoms with Gasteiger partial charge >= 0.3 is 0 Å². The minimum absolute atomic E-state index is 0. The fourth-order valence-electron chi connectivity index (χ4n) is 2.78. The van der Waals surface area contributed by atoms with Crippen molar-refractivity contribution in [3.05, 3.63) is 30.3 Å². The Morgan fingerprint density at radius 1 is 1.43 bits per heavy atom. The second-order valence-corrected chi connectivity index (χ2v) is 6.78. The lowest BCUT2D eigenvalue weighted by molar-refractivity contribution is -0.131. The summed E-state index contributed by atoms with van der Waals surface area (Å²) in [5.41, 5.74) is 5.75. The van der Waals surface area contributed by atoms with Crippen molar-refractivity contribution >= 4 is 30.1 Å². The molecule has 2 rings (SSSR count). The maximum absolute atomic E-state index is 12.7. The van der Waals surface area contributed by atoms with E-state index < -0.39 is 0 Å². The topological polar surface area (TPSA) is 46.3 Å². The fourth-order valence-corrected chi connectivity index (χ4v) is 3.82. The second-order valence-electron chi connectivity index (χ2n) is 5.50. The maximum atomic E-state index is 12.7. The molecule has 5 heteroatoms. The van der Waals surface area contributed by atoms with E-state index >= 15 is 0 Å². The third-order valence-electron chi connectivity index (χ3n) is 3.95. The molecule has 1 aliphatic heterocycles. The second kappa shape index (κ2) is 8.66. The molecule has 0 spiro atoms. The van der Waals surface area contributed by atoms with Crippen molar-refractivity contribution in [1.29, 1.82) is 0 Å². The maximum Gasteiger partial charge on any atom is 0.236 e. The summed E-state index contributed by atoms with van der Waals surface area (Å²) in [5.74, 6) is 0.734. The van der Waals surface area contributed by atoms with Crippen molar-refractivity contribution in [3.63, 3.8) is 0 Å². The van der Waals surface area contributed by atoms with E-state index in [1.807, 2.05) is 23.1 Å². The summed E-state index contributed by atoms with van der Waals surface area (Å²) in [7, 11) is 0. The van der Waals surface area contributed by atoms with Crippen LogP contribution >= 0.6 is 24.2 Å². The lowest BCUT2D eigenvalue weighted by Crippen LogP contribution is -2.40. The van der Waals surface area contributed by atoms with Gasteiger partial charge in [0.15, 0.2) is 0 Å². The monoisotopic (exact) mass is 328 g/mol. The first-order chi connectivity index (χ1) is 9.65. The summed E-state index contributed by atoms with van der Waals surface area (Å²) >= 11 is 1.67. The minimum Gasteiger partial charge on any atom is -0.339 e. The molecule has 3 nitrogen and oxygen atoms in total. The molecule has 118 valence electrons. The molecule has 0 aromatic heterocycles. The molecule has 1 amide bonds. The van der Waals surface area contributed by atoms with Crippen molar-refractivity contribution in [1.82, 2.24) is 4.90 Å². The van der Waals surface area contributed by atoms with Gasteiger partial charge in [-0.2, -0.15) is 0 Å². The fraction of sp³-hybridized carbons (Fsp3) is 0.562. The Morgan fingerprint density at radius 3 is 2.62 bits per heavy atom. The summed E-state index contributed by atoms with van der Waals surface area (Å²) in [4.78, 5) is 15.9. The van der Waals surface area contributed by atoms with Crippen LogP contribution in [0.4, 0.5) is 0 Å². The first-order valence-electron chi connectivity index (χ1n) is 7.38. The number of rotatable bonds is 5. The van der Waals surface area contributed by atoms with Gasteiger partial charge in [0.2, 0.25) is 5.91 Å². The highest BCUT2D eigenvalue weighted by molar-refractivity contribution is 8.00. The predicted molar refractivity (Wildman–Crippen MR) is 92.0 cm³/mol. The lowest BCUT2D eigenvalue weighted by atomic mass is 10.1. The standard InChI is InChI=1S/C16H24N2OS.ClH/c1-3-15(20-14-7-5-4-6-8-14)16(19)18-11-13(10-17)9-12(18)2;/h4-8,12-13,15H,3,9-11,17H2,1-2H3;1H. The first-order valence-corrected chi connectivity index (χ1v) is 8.25. The van der Waals surface area contributed by atoms with E-state index in [2.05, 4.69) is 26.0 Å². The highest BCUT2D eigenvalue weighted by atomic mass is 35.5. The number of thioether (sulfide) groups is 1. The van der Waals surface area contributed by atoms with Crippen LogP contribution < -0.4 is 5.73 Å². The van der Waals surface area contributed by atoms with Crippen LogP contribution in [-0.4, -0.2) is 35.2 Å². The van der Waals surface area contributed by atoms with Crippen LogP contribution in [0.2, 0.25) is 0 Å². The highest BCUT2D eigenvalue weighted by Crippen LogP contribution is 2.30. The molecular formula is C16H25ClN2OS. The molecule has 1 heterocycles. The van der Waals surface area contributed by atoms with Crippen molar-refractivity contribution in [3.8, 4) is 0 Å². The van der Waals surface area contributed by atoms with Gasteiger partial charge in [0.25, 0.3) is 0 Å². The van der Waals surface area contributed by atoms with Crippen LogP contribution in [0.5, 0.6) is 0 Å². The van der Waals surface area contributed by atoms with Crippen LogP contribution in [0.3, 0.4) is 0 Å². The van der Waals surface area contributed by atoms with Gasteiger partial charge in [-0.3, -0.25) is 4.79 Å². The number of amides is 1. The van der Waals surface area contributed by atoms with Crippen molar-refractivity contribution in [2.45, 2.75) is 42.9 Å². The molecular weight excluding hydrogens is 304 g/mol. The highest BCUT2D eigenvalue weighted by Gasteiger charge is 2.34. The molecule has 1 fully saturated rings. The normalized spacial score (nSPS) is 22.7. The van der Waals surface area contributed by atoms with Crippen LogP contribution in [-0.2, 0) is 4.79 Å². The first kappa shape index (κ1) is 18.3. The zero-order valence-corrected chi connectivity index (χ0v) is 14.3. The molecule has 3 atom stereocenters. The van der Waals surface area contributed by atoms with Crippen LogP contribution in [0.1, 0.15) is 26.7 Å². The van der Waals surface area contributed by atoms with E-state index in [0.29, 0.717) is 18.5 Å². The van der Waals surface area contributed by atoms with Crippen LogP contribution in [0.15, 0.2) is 35.2 Å². The van der Waals surface area contributed by atoms with E-state index in [1.165, 1.54) is 0 Å². The molecule has 1 aromatic carbocycles. The predicted octanol–water partition coefficient (Wildman–Crippen LogP) is 3.17. The Bertz CT molecular complexity index is 443. The molecule has 1 saturated heterocycles. The number of carbonyl (C=O) groups excluding carboxylic acids is 1. The zero-order chi connectivity index (χ0) is 14.5. The molecule has 1 aromatic rings. The molecule has 0 radical (unpaired) electrons. The van der Waals surface area contributed by atoms with Gasteiger partial charge in [-0.25, -0.2) is 0 Å². The molecule has 1 aliphatic rings. The van der Waals surface area contributed by atoms with E-state index in [0.717, 1.165) is 24.3 Å². The summed E-state index contributed by atoms with van der Waals surface area (Å²) in [6.45, 7) is 5.71. The van der Waals surface area contributed by atoms with E-state index in [9.17, 15) is 4.79 Å². The number of benzene rings is 1. The molecule has 2 N–H and O–H groups in total. The Balaban J connectivity index is 0.00000220. The summed E-state index contributed by atoms with van der Waals surface area (Å²) in [5, 5.41) is 0.0105. The smallest absolute Gasteiger partial charge is 0.236 e. The van der Waals surface area contributed by atoms with Gasteiger partial charge in [0, 0.05) is 17.5 Å². The van der Waals surface area contributed by atoms with Gasteiger partial charge in [-0.05, 0) is 44.4 Å². The third-order valence-corrected chi connectivity index (χ3v) is 5.31. The van der Waals surface area contributed by atoms with E-state index in [-0.39, 0.29) is 23.6 Å². The van der Waals surface area contributed by atoms with E-state index in [1.54, 1.807) is 11.8 Å². The average Bonchev–Trinajstić information content (AvgIpc) is 2.86. The summed E-state index contributed by atoms with van der Waals surface area (Å²) in [6, 6.07) is 10.5. The number of halogens is 1. The number of likely N-dealkylation sites (tertiary alicyclic amines) is 1. The van der Waals surface area contributed by atoms with Crippen molar-refractivity contribution in [2.24, 2.45) is 11.7 Å². The summed E-state index contributed by atoms with van der Waals surface area (Å²) in [6.07, 6.45) is 1.89. The number of nitrogens with zero attached hydrogens (tertiary/aromatic N) is 1. The Morgan fingerprint density at radius 2 is 2.10 bits per heavy atom. The zero-order valence-electron chi connectivity index (χ0n) is 12.7. The van der Waals surface area contributed by atoms with Gasteiger partial charge in [-0.1, -0.05) is 25.1 Å². The quantitative estimate of drug-likeness (QED) is 0.844. The van der Waals surface area contributed by atoms with Crippen LogP contribution in [0, 0.1) is 5.92 Å². The molecule has 0 saturated carbocycles. The van der Waals surface area contributed by atoms with Gasteiger partial charge < -0.3 is 10.6 Å². The Hall–Kier alpha value is -0.710. The van der Waals surface area contributed by atoms with E-state index in [4.69, 9.17) is 5.73 Å². The Kier molecular flexibility index (Phi) is 7.57. The Labute approximate surface area is 138 Å². The van der Waals surface area contributed by atoms with Crippen molar-refractivity contribution in [2.75, 3.05) is 13.1 Å². The number of nitrogens with two attached hydrogens (primary N) is 1. The number of hydrogen-bond donors (Lipinski definition) is 1. The van der Waals surface area contributed by atoms with Crippen LogP contribution in [0.25, 0.3) is 0 Å². The summed E-state index contributed by atoms with van der Waals surface area (Å²) < 4.78 is 0. The molecule has 0 bridgehead atoms. The largest absolute Gasteiger partial charge is 0.339 e. The van der Waals surface area contributed by atoms with Gasteiger partial charge in [0.05, 0.1) is 5.25 Å². The average molecular weight is 329 g/mol. The third kappa shape index (κ3) is 4.63. The van der Waals surface area contributed by atoms with Gasteiger partial charge in [-0.15, -0.1) is 24.2 Å². The lowest BCUT2D eigenvalue weighted by Gasteiger charge is -2.26.